The van der Waals surface area contributed by atoms with Crippen molar-refractivity contribution >= 4 is 33.2 Å². The first-order chi connectivity index (χ1) is 11.7. The van der Waals surface area contributed by atoms with Crippen LogP contribution in [0.3, 0.4) is 0 Å². The Morgan fingerprint density at radius 1 is 1.12 bits per heavy atom. The fourth-order valence-electron chi connectivity index (χ4n) is 2.31. The van der Waals surface area contributed by atoms with E-state index in [2.05, 4.69) is 5.32 Å². The number of carbonyl (C=O) groups is 2. The van der Waals surface area contributed by atoms with E-state index in [1.807, 2.05) is 13.0 Å². The molecule has 0 bridgehead atoms. The second-order valence-corrected chi connectivity index (χ2v) is 7.47. The third-order valence-electron chi connectivity index (χ3n) is 3.44. The Bertz CT molecular complexity index is 910. The van der Waals surface area contributed by atoms with E-state index in [-0.39, 0.29) is 11.3 Å². The molecule has 0 radical (unpaired) electrons. The number of nitrogens with two attached hydrogens (primary N) is 1. The van der Waals surface area contributed by atoms with Crippen molar-refractivity contribution in [3.8, 4) is 0 Å². The highest BCUT2D eigenvalue weighted by molar-refractivity contribution is 7.92. The second kappa shape index (κ2) is 7.35. The number of nitrogens with zero attached hydrogens (tertiary/aromatic N) is 1. The molecule has 8 heteroatoms. The molecule has 0 aliphatic carbocycles. The van der Waals surface area contributed by atoms with Gasteiger partial charge in [0.05, 0.1) is 23.2 Å². The fraction of sp³-hybridized carbons (Fsp3) is 0.176. The standard InChI is InChI=1S/C17H19N3O4S/c1-12-6-5-7-13(10-12)20(25(2,23)24)11-16(21)19-15-9-4-3-8-14(15)17(18)22/h3-10H,11H2,1-2H3,(H2,18,22)(H,19,21). The van der Waals surface area contributed by atoms with Crippen LogP contribution in [-0.2, 0) is 14.8 Å². The number of hydrogen-bond donors (Lipinski definition) is 2. The van der Waals surface area contributed by atoms with Crippen LogP contribution in [0, 0.1) is 6.92 Å². The maximum absolute atomic E-state index is 12.3. The maximum atomic E-state index is 12.3. The van der Waals surface area contributed by atoms with E-state index in [0.29, 0.717) is 5.69 Å². The van der Waals surface area contributed by atoms with Crippen molar-refractivity contribution in [3.05, 3.63) is 59.7 Å². The van der Waals surface area contributed by atoms with E-state index in [1.54, 1.807) is 30.3 Å². The summed E-state index contributed by atoms with van der Waals surface area (Å²) in [5, 5.41) is 2.53. The molecule has 2 aromatic rings. The molecule has 7 nitrogen and oxygen atoms in total. The molecule has 2 aromatic carbocycles. The maximum Gasteiger partial charge on any atom is 0.250 e. The van der Waals surface area contributed by atoms with Gasteiger partial charge in [0.2, 0.25) is 15.9 Å². The predicted octanol–water partition coefficient (Wildman–Crippen LogP) is 1.50. The third-order valence-corrected chi connectivity index (χ3v) is 4.58. The Labute approximate surface area is 146 Å². The molecule has 2 amide bonds. The summed E-state index contributed by atoms with van der Waals surface area (Å²) in [5.74, 6) is -1.27. The molecule has 0 heterocycles. The first-order valence-corrected chi connectivity index (χ1v) is 9.26. The quantitative estimate of drug-likeness (QED) is 0.812. The Morgan fingerprint density at radius 3 is 2.40 bits per heavy atom. The van der Waals surface area contributed by atoms with Gasteiger partial charge in [0, 0.05) is 0 Å². The molecule has 0 atom stereocenters. The van der Waals surface area contributed by atoms with Crippen molar-refractivity contribution in [2.75, 3.05) is 22.4 Å². The number of primary amides is 1. The number of aryl methyl sites for hydroxylation is 1. The molecule has 2 rings (SSSR count). The number of anilines is 2. The van der Waals surface area contributed by atoms with Gasteiger partial charge >= 0.3 is 0 Å². The summed E-state index contributed by atoms with van der Waals surface area (Å²) >= 11 is 0. The predicted molar refractivity (Wildman–Crippen MR) is 97.0 cm³/mol. The summed E-state index contributed by atoms with van der Waals surface area (Å²) in [6, 6.07) is 13.1. The van der Waals surface area contributed by atoms with Crippen molar-refractivity contribution in [2.24, 2.45) is 5.73 Å². The van der Waals surface area contributed by atoms with Crippen LogP contribution < -0.4 is 15.4 Å². The lowest BCUT2D eigenvalue weighted by Gasteiger charge is -2.22. The number of nitrogens with one attached hydrogen (secondary N) is 1. The van der Waals surface area contributed by atoms with Crippen molar-refractivity contribution in [1.82, 2.24) is 0 Å². The molecule has 25 heavy (non-hydrogen) atoms. The highest BCUT2D eigenvalue weighted by atomic mass is 32.2. The second-order valence-electron chi connectivity index (χ2n) is 5.57. The van der Waals surface area contributed by atoms with Crippen LogP contribution in [0.2, 0.25) is 0 Å². The zero-order valence-electron chi connectivity index (χ0n) is 13.9. The van der Waals surface area contributed by atoms with Crippen LogP contribution in [0.5, 0.6) is 0 Å². The van der Waals surface area contributed by atoms with Crippen LogP contribution >= 0.6 is 0 Å². The summed E-state index contributed by atoms with van der Waals surface area (Å²) < 4.78 is 25.2. The van der Waals surface area contributed by atoms with Crippen LogP contribution in [0.25, 0.3) is 0 Å². The highest BCUT2D eigenvalue weighted by Crippen LogP contribution is 2.19. The van der Waals surface area contributed by atoms with E-state index < -0.39 is 28.4 Å². The minimum absolute atomic E-state index is 0.150. The number of para-hydroxylation sites is 1. The molecule has 0 saturated carbocycles. The molecule has 0 aliphatic heterocycles. The number of carbonyl (C=O) groups excluding carboxylic acids is 2. The molecular formula is C17H19N3O4S. The fourth-order valence-corrected chi connectivity index (χ4v) is 3.16. The first kappa shape index (κ1) is 18.5. The van der Waals surface area contributed by atoms with Gasteiger partial charge in [0.15, 0.2) is 0 Å². The van der Waals surface area contributed by atoms with Crippen LogP contribution in [-0.4, -0.2) is 33.0 Å². The topological polar surface area (TPSA) is 110 Å². The summed E-state index contributed by atoms with van der Waals surface area (Å²) in [5.41, 5.74) is 6.91. The highest BCUT2D eigenvalue weighted by Gasteiger charge is 2.21. The van der Waals surface area contributed by atoms with E-state index in [9.17, 15) is 18.0 Å². The van der Waals surface area contributed by atoms with Crippen molar-refractivity contribution in [1.29, 1.82) is 0 Å². The van der Waals surface area contributed by atoms with Gasteiger partial charge in [-0.05, 0) is 36.8 Å². The molecule has 0 unspecified atom stereocenters. The molecule has 0 saturated heterocycles. The molecular weight excluding hydrogens is 342 g/mol. The van der Waals surface area contributed by atoms with E-state index >= 15 is 0 Å². The molecule has 132 valence electrons. The number of amides is 2. The summed E-state index contributed by atoms with van der Waals surface area (Å²) in [4.78, 5) is 23.7. The van der Waals surface area contributed by atoms with Gasteiger partial charge in [-0.1, -0.05) is 24.3 Å². The summed E-state index contributed by atoms with van der Waals surface area (Å²) in [6.45, 7) is 1.41. The average molecular weight is 361 g/mol. The lowest BCUT2D eigenvalue weighted by atomic mass is 10.1. The van der Waals surface area contributed by atoms with Gasteiger partial charge in [-0.3, -0.25) is 13.9 Å². The van der Waals surface area contributed by atoms with Gasteiger partial charge in [0.1, 0.15) is 6.54 Å². The van der Waals surface area contributed by atoms with E-state index in [1.165, 1.54) is 12.1 Å². The van der Waals surface area contributed by atoms with Crippen LogP contribution in [0.4, 0.5) is 11.4 Å². The van der Waals surface area contributed by atoms with Crippen molar-refractivity contribution in [2.45, 2.75) is 6.92 Å². The normalized spacial score (nSPS) is 11.0. The minimum atomic E-state index is -3.67. The van der Waals surface area contributed by atoms with Gasteiger partial charge in [-0.25, -0.2) is 8.42 Å². The first-order valence-electron chi connectivity index (χ1n) is 7.41. The zero-order chi connectivity index (χ0) is 18.6. The minimum Gasteiger partial charge on any atom is -0.366 e. The smallest absolute Gasteiger partial charge is 0.250 e. The number of benzene rings is 2. The number of sulfonamides is 1. The SMILES string of the molecule is Cc1cccc(N(CC(=O)Nc2ccccc2C(N)=O)S(C)(=O)=O)c1. The largest absolute Gasteiger partial charge is 0.366 e. The van der Waals surface area contributed by atoms with Gasteiger partial charge in [0.25, 0.3) is 5.91 Å². The van der Waals surface area contributed by atoms with Crippen molar-refractivity contribution < 1.29 is 18.0 Å². The zero-order valence-corrected chi connectivity index (χ0v) is 14.7. The summed E-state index contributed by atoms with van der Waals surface area (Å²) in [7, 11) is -3.67. The molecule has 3 N–H and O–H groups in total. The average Bonchev–Trinajstić information content (AvgIpc) is 2.52. The molecule has 0 fully saturated rings. The Balaban J connectivity index is 2.26. The van der Waals surface area contributed by atoms with Gasteiger partial charge in [-0.15, -0.1) is 0 Å². The molecule has 0 aliphatic rings. The monoisotopic (exact) mass is 361 g/mol. The number of hydrogen-bond acceptors (Lipinski definition) is 4. The van der Waals surface area contributed by atoms with E-state index in [0.717, 1.165) is 16.1 Å². The lowest BCUT2D eigenvalue weighted by molar-refractivity contribution is -0.114. The summed E-state index contributed by atoms with van der Waals surface area (Å²) in [6.07, 6.45) is 1.03. The third kappa shape index (κ3) is 4.80. The Hall–Kier alpha value is -2.87. The van der Waals surface area contributed by atoms with E-state index in [4.69, 9.17) is 5.73 Å². The molecule has 0 spiro atoms. The van der Waals surface area contributed by atoms with Gasteiger partial charge < -0.3 is 11.1 Å². The Morgan fingerprint density at radius 2 is 1.80 bits per heavy atom. The van der Waals surface area contributed by atoms with Crippen LogP contribution in [0.15, 0.2) is 48.5 Å². The van der Waals surface area contributed by atoms with Gasteiger partial charge in [-0.2, -0.15) is 0 Å². The number of rotatable bonds is 6. The molecule has 0 aromatic heterocycles. The van der Waals surface area contributed by atoms with Crippen LogP contribution in [0.1, 0.15) is 15.9 Å². The lowest BCUT2D eigenvalue weighted by Crippen LogP contribution is -2.37. The Kier molecular flexibility index (Phi) is 5.43. The van der Waals surface area contributed by atoms with Crippen molar-refractivity contribution in [3.63, 3.8) is 0 Å².